The molecule has 3 heteroatoms. The molecule has 0 saturated heterocycles. The van der Waals surface area contributed by atoms with E-state index in [2.05, 4.69) is 0 Å². The second-order valence-corrected chi connectivity index (χ2v) is 8.19. The fourth-order valence-corrected chi connectivity index (χ4v) is 5.68. The number of benzene rings is 3. The summed E-state index contributed by atoms with van der Waals surface area (Å²) in [7, 11) is -1.37. The highest BCUT2D eigenvalue weighted by molar-refractivity contribution is 7.85. The molecule has 1 atom stereocenters. The molecule has 0 saturated carbocycles. The summed E-state index contributed by atoms with van der Waals surface area (Å²) in [6.07, 6.45) is 0. The van der Waals surface area contributed by atoms with Crippen molar-refractivity contribution in [3.05, 3.63) is 84.4 Å². The van der Waals surface area contributed by atoms with Crippen molar-refractivity contribution < 1.29 is 9.30 Å². The Morgan fingerprint density at radius 3 is 2.13 bits per heavy atom. The lowest BCUT2D eigenvalue weighted by molar-refractivity contribution is 0.418. The number of ether oxygens (including phenoxy) is 1. The van der Waals surface area contributed by atoms with Gasteiger partial charge >= 0.3 is 0 Å². The molecule has 0 aromatic heterocycles. The van der Waals surface area contributed by atoms with Crippen molar-refractivity contribution in [1.82, 2.24) is 0 Å². The third-order valence-corrected chi connectivity index (χ3v) is 6.99. The molecule has 0 bridgehead atoms. The van der Waals surface area contributed by atoms with Gasteiger partial charge in [-0.1, -0.05) is 66.2 Å². The number of hydrogen-bond acceptors (Lipinski definition) is 2. The van der Waals surface area contributed by atoms with E-state index in [1.54, 1.807) is 7.11 Å². The second kappa shape index (κ2) is 6.44. The Morgan fingerprint density at radius 1 is 0.783 bits per heavy atom. The molecule has 1 unspecified atom stereocenters. The Labute approximate surface area is 137 Å². The highest BCUT2D eigenvalue weighted by Crippen LogP contribution is 2.45. The molecule has 2 nitrogen and oxygen atoms in total. The van der Waals surface area contributed by atoms with Gasteiger partial charge in [0.25, 0.3) is 0 Å². The van der Waals surface area contributed by atoms with Crippen LogP contribution in [0.1, 0.15) is 5.56 Å². The zero-order valence-electron chi connectivity index (χ0n) is 13.3. The molecule has 23 heavy (non-hydrogen) atoms. The summed E-state index contributed by atoms with van der Waals surface area (Å²) < 4.78 is 19.8. The van der Waals surface area contributed by atoms with Crippen LogP contribution in [-0.2, 0) is 4.57 Å². The van der Waals surface area contributed by atoms with Crippen LogP contribution in [0.4, 0.5) is 0 Å². The lowest BCUT2D eigenvalue weighted by Crippen LogP contribution is -2.26. The largest absolute Gasteiger partial charge is 0.496 e. The molecule has 0 aliphatic rings. The van der Waals surface area contributed by atoms with Crippen LogP contribution in [-0.4, -0.2) is 7.11 Å². The minimum absolute atomic E-state index is 0.654. The third-order valence-electron chi connectivity index (χ3n) is 3.91. The molecular weight excluding hydrogens is 303 g/mol. The quantitative estimate of drug-likeness (QED) is 0.686. The predicted molar refractivity (Wildman–Crippen MR) is 97.1 cm³/mol. The zero-order valence-corrected chi connectivity index (χ0v) is 14.2. The average molecular weight is 322 g/mol. The Hall–Kier alpha value is -2.31. The van der Waals surface area contributed by atoms with Crippen LogP contribution in [0.5, 0.6) is 5.75 Å². The van der Waals surface area contributed by atoms with E-state index in [1.165, 1.54) is 0 Å². The molecule has 3 rings (SSSR count). The first kappa shape index (κ1) is 15.6. The summed E-state index contributed by atoms with van der Waals surface area (Å²) >= 11 is 0. The molecule has 0 N–H and O–H groups in total. The standard InChI is InChI=1S/C20H19O2P/c1-16-9-8-12-18(15-16)23(21,17-10-4-3-5-11-17)20-14-7-6-13-19(20)22-2/h3-15H,1-2H3. The van der Waals surface area contributed by atoms with Gasteiger partial charge in [0.2, 0.25) is 0 Å². The van der Waals surface area contributed by atoms with Crippen molar-refractivity contribution in [2.24, 2.45) is 0 Å². The molecule has 0 radical (unpaired) electrons. The average Bonchev–Trinajstić information content (AvgIpc) is 2.61. The van der Waals surface area contributed by atoms with Crippen LogP contribution in [0.3, 0.4) is 0 Å². The Balaban J connectivity index is 2.33. The SMILES string of the molecule is COc1ccccc1P(=O)(c1ccccc1)c1cccc(C)c1. The van der Waals surface area contributed by atoms with Crippen LogP contribution < -0.4 is 20.7 Å². The van der Waals surface area contributed by atoms with Crippen molar-refractivity contribution in [1.29, 1.82) is 0 Å². The molecule has 3 aromatic rings. The van der Waals surface area contributed by atoms with Crippen LogP contribution in [0, 0.1) is 6.92 Å². The predicted octanol–water partition coefficient (Wildman–Crippen LogP) is 3.64. The van der Waals surface area contributed by atoms with Crippen LogP contribution >= 0.6 is 7.14 Å². The molecule has 0 spiro atoms. The molecule has 116 valence electrons. The highest BCUT2D eigenvalue weighted by Gasteiger charge is 2.32. The van der Waals surface area contributed by atoms with E-state index >= 15 is 0 Å². The van der Waals surface area contributed by atoms with Gasteiger partial charge < -0.3 is 9.30 Å². The minimum atomic E-state index is -2.98. The normalized spacial score (nSPS) is 13.3. The van der Waals surface area contributed by atoms with Crippen molar-refractivity contribution in [3.63, 3.8) is 0 Å². The lowest BCUT2D eigenvalue weighted by atomic mass is 10.2. The fourth-order valence-electron chi connectivity index (χ4n) is 2.78. The number of methoxy groups -OCH3 is 1. The molecule has 0 aliphatic carbocycles. The highest BCUT2D eigenvalue weighted by atomic mass is 31.2. The van der Waals surface area contributed by atoms with Gasteiger partial charge in [-0.3, -0.25) is 0 Å². The van der Waals surface area contributed by atoms with E-state index in [4.69, 9.17) is 4.74 Å². The van der Waals surface area contributed by atoms with E-state index in [0.717, 1.165) is 21.5 Å². The van der Waals surface area contributed by atoms with Crippen molar-refractivity contribution in [3.8, 4) is 5.75 Å². The topological polar surface area (TPSA) is 26.3 Å². The molecule has 0 heterocycles. The Morgan fingerprint density at radius 2 is 1.43 bits per heavy atom. The minimum Gasteiger partial charge on any atom is -0.496 e. The molecule has 0 aliphatic heterocycles. The number of hydrogen-bond donors (Lipinski definition) is 0. The van der Waals surface area contributed by atoms with Crippen molar-refractivity contribution in [2.45, 2.75) is 6.92 Å². The van der Waals surface area contributed by atoms with Crippen LogP contribution in [0.15, 0.2) is 78.9 Å². The van der Waals surface area contributed by atoms with Gasteiger partial charge in [-0.05, 0) is 25.1 Å². The van der Waals surface area contributed by atoms with Gasteiger partial charge in [-0.25, -0.2) is 0 Å². The monoisotopic (exact) mass is 322 g/mol. The zero-order chi connectivity index (χ0) is 16.3. The van der Waals surface area contributed by atoms with E-state index in [9.17, 15) is 4.57 Å². The maximum Gasteiger partial charge on any atom is 0.174 e. The Kier molecular flexibility index (Phi) is 4.36. The number of para-hydroxylation sites is 1. The van der Waals surface area contributed by atoms with Crippen LogP contribution in [0.2, 0.25) is 0 Å². The summed E-state index contributed by atoms with van der Waals surface area (Å²) in [6, 6.07) is 25.1. The smallest absolute Gasteiger partial charge is 0.174 e. The summed E-state index contributed by atoms with van der Waals surface area (Å²) in [5.41, 5.74) is 1.09. The summed E-state index contributed by atoms with van der Waals surface area (Å²) in [5, 5.41) is 2.38. The third kappa shape index (κ3) is 2.83. The maximum absolute atomic E-state index is 14.3. The lowest BCUT2D eigenvalue weighted by Gasteiger charge is -2.22. The molecular formula is C20H19O2P. The van der Waals surface area contributed by atoms with E-state index < -0.39 is 7.14 Å². The van der Waals surface area contributed by atoms with Gasteiger partial charge in [0.1, 0.15) is 5.75 Å². The van der Waals surface area contributed by atoms with Gasteiger partial charge in [0.05, 0.1) is 12.4 Å². The summed E-state index contributed by atoms with van der Waals surface area (Å²) in [6.45, 7) is 2.01. The van der Waals surface area contributed by atoms with Crippen molar-refractivity contribution >= 4 is 23.1 Å². The van der Waals surface area contributed by atoms with Gasteiger partial charge in [0.15, 0.2) is 7.14 Å². The van der Waals surface area contributed by atoms with E-state index in [1.807, 2.05) is 85.8 Å². The number of rotatable bonds is 4. The first-order valence-electron chi connectivity index (χ1n) is 7.53. The molecule has 0 amide bonds. The summed E-state index contributed by atoms with van der Waals surface area (Å²) in [5.74, 6) is 0.654. The summed E-state index contributed by atoms with van der Waals surface area (Å²) in [4.78, 5) is 0. The van der Waals surface area contributed by atoms with Crippen LogP contribution in [0.25, 0.3) is 0 Å². The van der Waals surface area contributed by atoms with E-state index in [-0.39, 0.29) is 0 Å². The maximum atomic E-state index is 14.3. The first-order chi connectivity index (χ1) is 11.2. The van der Waals surface area contributed by atoms with Gasteiger partial charge in [0, 0.05) is 10.6 Å². The number of aryl methyl sites for hydroxylation is 1. The van der Waals surface area contributed by atoms with E-state index in [0.29, 0.717) is 5.75 Å². The second-order valence-electron chi connectivity index (χ2n) is 5.46. The molecule has 0 fully saturated rings. The first-order valence-corrected chi connectivity index (χ1v) is 9.23. The van der Waals surface area contributed by atoms with Crippen molar-refractivity contribution in [2.75, 3.05) is 7.11 Å². The Bertz CT molecular complexity index is 856. The van der Waals surface area contributed by atoms with Gasteiger partial charge in [-0.2, -0.15) is 0 Å². The fraction of sp³-hybridized carbons (Fsp3) is 0.100. The molecule has 3 aromatic carbocycles. The van der Waals surface area contributed by atoms with Gasteiger partial charge in [-0.15, -0.1) is 0 Å².